The van der Waals surface area contributed by atoms with Gasteiger partial charge in [-0.15, -0.1) is 0 Å². The van der Waals surface area contributed by atoms with Crippen LogP contribution in [0.2, 0.25) is 5.02 Å². The van der Waals surface area contributed by atoms with E-state index in [-0.39, 0.29) is 34.0 Å². The fourth-order valence-electron chi connectivity index (χ4n) is 3.17. The molecule has 2 amide bonds. The third-order valence-corrected chi connectivity index (χ3v) is 6.00. The highest BCUT2D eigenvalue weighted by molar-refractivity contribution is 8.18. The first-order chi connectivity index (χ1) is 15.8. The molecule has 1 aliphatic rings. The first-order valence-electron chi connectivity index (χ1n) is 9.81. The summed E-state index contributed by atoms with van der Waals surface area (Å²) in [6, 6.07) is 14.8. The summed E-state index contributed by atoms with van der Waals surface area (Å²) in [4.78, 5) is 36.7. The molecular weight excluding hydrogens is 468 g/mol. The molecule has 3 aromatic rings. The van der Waals surface area contributed by atoms with Crippen LogP contribution in [0.15, 0.2) is 63.9 Å². The van der Waals surface area contributed by atoms with Gasteiger partial charge in [-0.3, -0.25) is 24.6 Å². The summed E-state index contributed by atoms with van der Waals surface area (Å²) < 4.78 is 11.4. The Morgan fingerprint density at radius 2 is 2.00 bits per heavy atom. The van der Waals surface area contributed by atoms with Crippen molar-refractivity contribution >= 4 is 46.3 Å². The van der Waals surface area contributed by atoms with Crippen molar-refractivity contribution in [2.24, 2.45) is 0 Å². The Labute approximate surface area is 197 Å². The molecule has 4 rings (SSSR count). The number of benzene rings is 2. The lowest BCUT2D eigenvalue weighted by Gasteiger charge is -2.13. The molecule has 1 aromatic heterocycles. The summed E-state index contributed by atoms with van der Waals surface area (Å²) >= 11 is 6.97. The maximum Gasteiger partial charge on any atom is 0.293 e. The van der Waals surface area contributed by atoms with Gasteiger partial charge in [0.15, 0.2) is 0 Å². The molecule has 2 aromatic carbocycles. The van der Waals surface area contributed by atoms with Crippen molar-refractivity contribution in [1.29, 1.82) is 0 Å². The van der Waals surface area contributed by atoms with Crippen molar-refractivity contribution in [3.8, 4) is 17.1 Å². The predicted molar refractivity (Wildman–Crippen MR) is 125 cm³/mol. The van der Waals surface area contributed by atoms with Gasteiger partial charge in [-0.1, -0.05) is 23.7 Å². The molecule has 10 heteroatoms. The van der Waals surface area contributed by atoms with E-state index in [4.69, 9.17) is 20.8 Å². The number of carbonyl (C=O) groups is 2. The van der Waals surface area contributed by atoms with Crippen molar-refractivity contribution in [1.82, 2.24) is 4.90 Å². The molecule has 0 aliphatic carbocycles. The number of nitro groups is 1. The lowest BCUT2D eigenvalue weighted by molar-refractivity contribution is -0.384. The Hall–Kier alpha value is -3.56. The molecule has 1 saturated heterocycles. The van der Waals surface area contributed by atoms with Gasteiger partial charge in [-0.25, -0.2) is 0 Å². The standard InChI is InChI=1S/C23H17ClN2O6S/c1-14-3-2-4-16(11-14)31-10-9-25-22(27)21(33-23(25)28)13-17-6-8-20(32-17)18-7-5-15(26(29)30)12-19(18)24/h2-8,11-13H,9-10H2,1H3/b21-13-. The van der Waals surface area contributed by atoms with Crippen molar-refractivity contribution in [2.75, 3.05) is 13.2 Å². The summed E-state index contributed by atoms with van der Waals surface area (Å²) in [6.07, 6.45) is 1.48. The third kappa shape index (κ3) is 5.10. The molecule has 2 heterocycles. The molecule has 0 spiro atoms. The molecular formula is C23H17ClN2O6S. The number of hydrogen-bond acceptors (Lipinski definition) is 7. The van der Waals surface area contributed by atoms with Crippen LogP contribution in [0, 0.1) is 17.0 Å². The second kappa shape index (κ2) is 9.51. The van der Waals surface area contributed by atoms with E-state index in [1.54, 1.807) is 12.1 Å². The van der Waals surface area contributed by atoms with Gasteiger partial charge >= 0.3 is 0 Å². The maximum absolute atomic E-state index is 12.7. The van der Waals surface area contributed by atoms with Gasteiger partial charge < -0.3 is 9.15 Å². The Bertz CT molecular complexity index is 1290. The van der Waals surface area contributed by atoms with E-state index in [1.807, 2.05) is 31.2 Å². The number of furan rings is 1. The molecule has 33 heavy (non-hydrogen) atoms. The topological polar surface area (TPSA) is 103 Å². The molecule has 168 valence electrons. The highest BCUT2D eigenvalue weighted by Gasteiger charge is 2.35. The van der Waals surface area contributed by atoms with E-state index in [2.05, 4.69) is 0 Å². The zero-order valence-corrected chi connectivity index (χ0v) is 18.9. The van der Waals surface area contributed by atoms with Crippen LogP contribution in [0.1, 0.15) is 11.3 Å². The Balaban J connectivity index is 1.43. The minimum atomic E-state index is -0.536. The summed E-state index contributed by atoms with van der Waals surface area (Å²) in [6.45, 7) is 2.25. The second-order valence-electron chi connectivity index (χ2n) is 7.12. The molecule has 0 N–H and O–H groups in total. The molecule has 0 atom stereocenters. The van der Waals surface area contributed by atoms with Gasteiger partial charge in [0.2, 0.25) is 0 Å². The van der Waals surface area contributed by atoms with E-state index in [0.29, 0.717) is 22.8 Å². The Morgan fingerprint density at radius 1 is 1.18 bits per heavy atom. The molecule has 0 unspecified atom stereocenters. The van der Waals surface area contributed by atoms with Gasteiger partial charge in [0.1, 0.15) is 23.9 Å². The molecule has 1 fully saturated rings. The van der Waals surface area contributed by atoms with E-state index in [1.165, 1.54) is 24.3 Å². The number of hydrogen-bond donors (Lipinski definition) is 0. The molecule has 0 radical (unpaired) electrons. The summed E-state index contributed by atoms with van der Waals surface area (Å²) in [7, 11) is 0. The highest BCUT2D eigenvalue weighted by Crippen LogP contribution is 2.35. The van der Waals surface area contributed by atoms with Crippen LogP contribution in [-0.4, -0.2) is 34.1 Å². The number of rotatable bonds is 7. The molecule has 8 nitrogen and oxygen atoms in total. The maximum atomic E-state index is 12.7. The Morgan fingerprint density at radius 3 is 2.73 bits per heavy atom. The predicted octanol–water partition coefficient (Wildman–Crippen LogP) is 5.93. The number of amides is 2. The molecule has 0 bridgehead atoms. The number of carbonyl (C=O) groups excluding carboxylic acids is 2. The van der Waals surface area contributed by atoms with Crippen LogP contribution in [0.25, 0.3) is 17.4 Å². The van der Waals surface area contributed by atoms with Crippen LogP contribution >= 0.6 is 23.4 Å². The van der Waals surface area contributed by atoms with Gasteiger partial charge in [-0.2, -0.15) is 0 Å². The zero-order valence-electron chi connectivity index (χ0n) is 17.3. The number of non-ortho nitro benzene ring substituents is 1. The minimum absolute atomic E-state index is 0.123. The van der Waals surface area contributed by atoms with Crippen molar-refractivity contribution in [3.05, 3.63) is 86.0 Å². The fourth-order valence-corrected chi connectivity index (χ4v) is 4.29. The minimum Gasteiger partial charge on any atom is -0.492 e. The number of nitrogens with zero attached hydrogens (tertiary/aromatic N) is 2. The normalized spacial score (nSPS) is 14.8. The second-order valence-corrected chi connectivity index (χ2v) is 8.52. The average molecular weight is 485 g/mol. The SMILES string of the molecule is Cc1cccc(OCCN2C(=O)S/C(=C\c3ccc(-c4ccc([N+](=O)[O-])cc4Cl)o3)C2=O)c1. The monoisotopic (exact) mass is 484 g/mol. The van der Waals surface area contributed by atoms with Gasteiger partial charge in [0.25, 0.3) is 16.8 Å². The van der Waals surface area contributed by atoms with Crippen LogP contribution in [0.3, 0.4) is 0 Å². The van der Waals surface area contributed by atoms with Crippen molar-refractivity contribution in [2.45, 2.75) is 6.92 Å². The van der Waals surface area contributed by atoms with Crippen LogP contribution in [0.4, 0.5) is 10.5 Å². The fraction of sp³-hybridized carbons (Fsp3) is 0.130. The first-order valence-corrected chi connectivity index (χ1v) is 11.0. The smallest absolute Gasteiger partial charge is 0.293 e. The van der Waals surface area contributed by atoms with Crippen LogP contribution < -0.4 is 4.74 Å². The highest BCUT2D eigenvalue weighted by atomic mass is 35.5. The number of ether oxygens (including phenoxy) is 1. The van der Waals surface area contributed by atoms with Crippen LogP contribution in [0.5, 0.6) is 5.75 Å². The largest absolute Gasteiger partial charge is 0.492 e. The van der Waals surface area contributed by atoms with Crippen LogP contribution in [-0.2, 0) is 4.79 Å². The van der Waals surface area contributed by atoms with Crippen molar-refractivity contribution < 1.29 is 23.7 Å². The first kappa shape index (κ1) is 22.6. The number of halogens is 1. The number of aryl methyl sites for hydroxylation is 1. The Kier molecular flexibility index (Phi) is 6.52. The summed E-state index contributed by atoms with van der Waals surface area (Å²) in [5, 5.41) is 10.7. The summed E-state index contributed by atoms with van der Waals surface area (Å²) in [5.74, 6) is 0.975. The molecule has 0 saturated carbocycles. The van der Waals surface area contributed by atoms with E-state index in [9.17, 15) is 19.7 Å². The number of thioether (sulfide) groups is 1. The number of imide groups is 1. The van der Waals surface area contributed by atoms with Gasteiger partial charge in [0, 0.05) is 23.8 Å². The van der Waals surface area contributed by atoms with E-state index in [0.717, 1.165) is 22.2 Å². The quantitative estimate of drug-likeness (QED) is 0.232. The van der Waals surface area contributed by atoms with E-state index >= 15 is 0 Å². The zero-order chi connectivity index (χ0) is 23.5. The lowest BCUT2D eigenvalue weighted by atomic mass is 10.1. The average Bonchev–Trinajstić information content (AvgIpc) is 3.33. The third-order valence-electron chi connectivity index (χ3n) is 4.78. The molecule has 1 aliphatic heterocycles. The van der Waals surface area contributed by atoms with Crippen molar-refractivity contribution in [3.63, 3.8) is 0 Å². The lowest BCUT2D eigenvalue weighted by Crippen LogP contribution is -2.32. The van der Waals surface area contributed by atoms with E-state index < -0.39 is 10.8 Å². The summed E-state index contributed by atoms with van der Waals surface area (Å²) in [5.41, 5.74) is 1.40. The number of nitro benzene ring substituents is 1. The van der Waals surface area contributed by atoms with Gasteiger partial charge in [0.05, 0.1) is 21.4 Å². The van der Waals surface area contributed by atoms with Gasteiger partial charge in [-0.05, 0) is 54.6 Å².